The SMILES string of the molecule is C/C1=C/CC23CCCC(C(=O)C1)C2C1(CC3)COCO1. The predicted octanol–water partition coefficient (Wildman–Crippen LogP) is 3.24. The van der Waals surface area contributed by atoms with E-state index in [1.807, 2.05) is 0 Å². The molecule has 20 heavy (non-hydrogen) atoms. The molecule has 0 amide bonds. The fraction of sp³-hybridized carbons (Fsp3) is 0.824. The highest BCUT2D eigenvalue weighted by Gasteiger charge is 2.63. The summed E-state index contributed by atoms with van der Waals surface area (Å²) in [6, 6.07) is 0. The number of carbonyl (C=O) groups is 1. The lowest BCUT2D eigenvalue weighted by atomic mass is 9.57. The Morgan fingerprint density at radius 2 is 2.20 bits per heavy atom. The summed E-state index contributed by atoms with van der Waals surface area (Å²) in [4.78, 5) is 12.7. The van der Waals surface area contributed by atoms with Crippen molar-refractivity contribution in [2.75, 3.05) is 13.4 Å². The summed E-state index contributed by atoms with van der Waals surface area (Å²) >= 11 is 0. The molecule has 3 aliphatic carbocycles. The molecular formula is C17H24O3. The number of hydrogen-bond donors (Lipinski definition) is 0. The molecule has 2 bridgehead atoms. The van der Waals surface area contributed by atoms with Crippen LogP contribution in [0.2, 0.25) is 0 Å². The maximum absolute atomic E-state index is 12.7. The molecule has 1 spiro atoms. The van der Waals surface area contributed by atoms with Crippen molar-refractivity contribution in [1.82, 2.24) is 0 Å². The molecule has 3 heteroatoms. The van der Waals surface area contributed by atoms with E-state index >= 15 is 0 Å². The molecule has 0 N–H and O–H groups in total. The van der Waals surface area contributed by atoms with Gasteiger partial charge in [0, 0.05) is 18.3 Å². The van der Waals surface area contributed by atoms with Crippen LogP contribution in [0.1, 0.15) is 51.9 Å². The lowest BCUT2D eigenvalue weighted by molar-refractivity contribution is -0.137. The van der Waals surface area contributed by atoms with Gasteiger partial charge in [0.1, 0.15) is 12.6 Å². The number of Topliss-reactive ketones (excluding diaryl/α,β-unsaturated/α-hetero) is 1. The van der Waals surface area contributed by atoms with Crippen molar-refractivity contribution < 1.29 is 14.3 Å². The molecule has 0 aromatic carbocycles. The van der Waals surface area contributed by atoms with Gasteiger partial charge in [0.2, 0.25) is 0 Å². The van der Waals surface area contributed by atoms with Crippen molar-refractivity contribution in [3.05, 3.63) is 11.6 Å². The van der Waals surface area contributed by atoms with Gasteiger partial charge in [-0.2, -0.15) is 0 Å². The average Bonchev–Trinajstić information content (AvgIpc) is 3.03. The van der Waals surface area contributed by atoms with Gasteiger partial charge in [0.15, 0.2) is 0 Å². The van der Waals surface area contributed by atoms with E-state index in [1.165, 1.54) is 24.8 Å². The second kappa shape index (κ2) is 4.41. The van der Waals surface area contributed by atoms with Crippen LogP contribution >= 0.6 is 0 Å². The molecule has 3 fully saturated rings. The Morgan fingerprint density at radius 3 is 3.00 bits per heavy atom. The fourth-order valence-electron chi connectivity index (χ4n) is 5.52. The zero-order chi connectivity index (χ0) is 13.8. The van der Waals surface area contributed by atoms with Crippen LogP contribution in [0.25, 0.3) is 0 Å². The molecule has 4 aliphatic rings. The van der Waals surface area contributed by atoms with E-state index in [2.05, 4.69) is 13.0 Å². The minimum Gasteiger partial charge on any atom is -0.352 e. The highest BCUT2D eigenvalue weighted by Crippen LogP contribution is 2.63. The van der Waals surface area contributed by atoms with Crippen molar-refractivity contribution in [2.24, 2.45) is 17.3 Å². The molecule has 4 unspecified atom stereocenters. The van der Waals surface area contributed by atoms with Crippen LogP contribution in [0.3, 0.4) is 0 Å². The quantitative estimate of drug-likeness (QED) is 0.637. The van der Waals surface area contributed by atoms with Gasteiger partial charge in [-0.25, -0.2) is 0 Å². The van der Waals surface area contributed by atoms with E-state index in [1.54, 1.807) is 0 Å². The summed E-state index contributed by atoms with van der Waals surface area (Å²) in [7, 11) is 0. The molecule has 1 aliphatic heterocycles. The van der Waals surface area contributed by atoms with Crippen molar-refractivity contribution in [3.8, 4) is 0 Å². The third-order valence-corrected chi connectivity index (χ3v) is 6.36. The van der Waals surface area contributed by atoms with Crippen LogP contribution in [-0.4, -0.2) is 24.8 Å². The van der Waals surface area contributed by atoms with Gasteiger partial charge in [0.05, 0.1) is 12.2 Å². The van der Waals surface area contributed by atoms with Gasteiger partial charge in [-0.15, -0.1) is 0 Å². The van der Waals surface area contributed by atoms with E-state index in [9.17, 15) is 4.79 Å². The minimum atomic E-state index is -0.153. The van der Waals surface area contributed by atoms with Gasteiger partial charge >= 0.3 is 0 Å². The summed E-state index contributed by atoms with van der Waals surface area (Å²) in [5.41, 5.74) is 1.41. The molecule has 4 atom stereocenters. The van der Waals surface area contributed by atoms with E-state index in [0.717, 1.165) is 19.3 Å². The molecule has 110 valence electrons. The first-order chi connectivity index (χ1) is 9.65. The summed E-state index contributed by atoms with van der Waals surface area (Å²) in [5, 5.41) is 0. The number of hydrogen-bond acceptors (Lipinski definition) is 3. The number of allylic oxidation sites excluding steroid dienone is 2. The van der Waals surface area contributed by atoms with Gasteiger partial charge < -0.3 is 9.47 Å². The molecule has 4 rings (SSSR count). The first kappa shape index (κ1) is 13.0. The van der Waals surface area contributed by atoms with E-state index < -0.39 is 0 Å². The molecule has 2 saturated carbocycles. The topological polar surface area (TPSA) is 35.5 Å². The Labute approximate surface area is 120 Å². The fourth-order valence-corrected chi connectivity index (χ4v) is 5.52. The third kappa shape index (κ3) is 1.69. The normalized spacial score (nSPS) is 50.5. The Balaban J connectivity index is 1.80. The highest BCUT2D eigenvalue weighted by molar-refractivity contribution is 5.84. The molecule has 0 aromatic heterocycles. The molecule has 3 nitrogen and oxygen atoms in total. The number of carbonyl (C=O) groups excluding carboxylic acids is 1. The number of ether oxygens (including phenoxy) is 2. The summed E-state index contributed by atoms with van der Waals surface area (Å²) in [5.74, 6) is 1.05. The Morgan fingerprint density at radius 1 is 1.30 bits per heavy atom. The first-order valence-electron chi connectivity index (χ1n) is 8.05. The summed E-state index contributed by atoms with van der Waals surface area (Å²) in [6.07, 6.45) is 9.92. The monoisotopic (exact) mass is 276 g/mol. The Bertz CT molecular complexity index is 461. The second-order valence-electron chi connectivity index (χ2n) is 7.41. The Kier molecular flexibility index (Phi) is 2.87. The smallest absolute Gasteiger partial charge is 0.147 e. The van der Waals surface area contributed by atoms with Crippen LogP contribution < -0.4 is 0 Å². The highest BCUT2D eigenvalue weighted by atomic mass is 16.7. The van der Waals surface area contributed by atoms with E-state index in [0.29, 0.717) is 36.9 Å². The molecule has 1 saturated heterocycles. The predicted molar refractivity (Wildman–Crippen MR) is 75.1 cm³/mol. The lowest BCUT2D eigenvalue weighted by Gasteiger charge is -2.48. The summed E-state index contributed by atoms with van der Waals surface area (Å²) in [6.45, 7) is 3.23. The van der Waals surface area contributed by atoms with E-state index in [4.69, 9.17) is 9.47 Å². The molecule has 1 heterocycles. The van der Waals surface area contributed by atoms with Crippen LogP contribution in [-0.2, 0) is 14.3 Å². The number of rotatable bonds is 0. The molecule has 0 radical (unpaired) electrons. The van der Waals surface area contributed by atoms with Gasteiger partial charge in [0.25, 0.3) is 0 Å². The van der Waals surface area contributed by atoms with Crippen LogP contribution in [0.15, 0.2) is 11.6 Å². The van der Waals surface area contributed by atoms with Crippen molar-refractivity contribution >= 4 is 5.78 Å². The van der Waals surface area contributed by atoms with Gasteiger partial charge in [-0.3, -0.25) is 4.79 Å². The van der Waals surface area contributed by atoms with Crippen LogP contribution in [0.4, 0.5) is 0 Å². The largest absolute Gasteiger partial charge is 0.352 e. The molecule has 0 aromatic rings. The van der Waals surface area contributed by atoms with Crippen molar-refractivity contribution in [1.29, 1.82) is 0 Å². The van der Waals surface area contributed by atoms with Crippen LogP contribution in [0.5, 0.6) is 0 Å². The second-order valence-corrected chi connectivity index (χ2v) is 7.41. The van der Waals surface area contributed by atoms with Gasteiger partial charge in [-0.1, -0.05) is 18.1 Å². The van der Waals surface area contributed by atoms with E-state index in [-0.39, 0.29) is 11.5 Å². The van der Waals surface area contributed by atoms with Crippen molar-refractivity contribution in [2.45, 2.75) is 57.5 Å². The average molecular weight is 276 g/mol. The third-order valence-electron chi connectivity index (χ3n) is 6.36. The zero-order valence-corrected chi connectivity index (χ0v) is 12.3. The maximum atomic E-state index is 12.7. The maximum Gasteiger partial charge on any atom is 0.147 e. The zero-order valence-electron chi connectivity index (χ0n) is 12.3. The number of ketones is 1. The van der Waals surface area contributed by atoms with Gasteiger partial charge in [-0.05, 0) is 44.4 Å². The first-order valence-corrected chi connectivity index (χ1v) is 8.05. The Hall–Kier alpha value is -0.670. The molecular weight excluding hydrogens is 252 g/mol. The summed E-state index contributed by atoms with van der Waals surface area (Å²) < 4.78 is 11.7. The van der Waals surface area contributed by atoms with Crippen molar-refractivity contribution in [3.63, 3.8) is 0 Å². The minimum absolute atomic E-state index is 0.153. The van der Waals surface area contributed by atoms with Crippen LogP contribution in [0, 0.1) is 17.3 Å². The standard InChI is InChI=1S/C17H24O3/c1-12-4-6-16-5-2-3-13(14(18)9-12)15(16)17(8-7-16)10-19-11-20-17/h4,13,15H,2-3,5-11H2,1H3/b12-4-. The lowest BCUT2D eigenvalue weighted by Crippen LogP contribution is -2.51.